The first-order chi connectivity index (χ1) is 29.2. The third kappa shape index (κ3) is 19.5. The van der Waals surface area contributed by atoms with Crippen LogP contribution in [0, 0.1) is 5.92 Å². The van der Waals surface area contributed by atoms with Gasteiger partial charge in [0.1, 0.15) is 0 Å². The Hall–Kier alpha value is -5.52. The highest BCUT2D eigenvalue weighted by Gasteiger charge is 2.20. The van der Waals surface area contributed by atoms with Gasteiger partial charge in [0, 0.05) is 73.0 Å². The van der Waals surface area contributed by atoms with Gasteiger partial charge in [-0.2, -0.15) is 0 Å². The molecule has 12 heteroatoms. The summed E-state index contributed by atoms with van der Waals surface area (Å²) in [6.07, 6.45) is 21.0. The van der Waals surface area contributed by atoms with Crippen LogP contribution < -0.4 is 31.9 Å². The van der Waals surface area contributed by atoms with E-state index in [9.17, 15) is 28.8 Å². The van der Waals surface area contributed by atoms with Gasteiger partial charge in [-0.3, -0.25) is 28.8 Å². The van der Waals surface area contributed by atoms with Gasteiger partial charge < -0.3 is 31.9 Å². The normalized spacial score (nSPS) is 12.8. The molecule has 326 valence electrons. The average Bonchev–Trinajstić information content (AvgIpc) is 3.28. The largest absolute Gasteiger partial charge is 0.356 e. The van der Waals surface area contributed by atoms with Gasteiger partial charge in [0.05, 0.1) is 0 Å². The zero-order valence-electron chi connectivity index (χ0n) is 35.6. The first kappa shape index (κ1) is 48.8. The number of hydrogen-bond acceptors (Lipinski definition) is 6. The molecule has 60 heavy (non-hydrogen) atoms. The number of rotatable bonds is 29. The van der Waals surface area contributed by atoms with Crippen LogP contribution in [0.3, 0.4) is 0 Å². The van der Waals surface area contributed by atoms with E-state index in [4.69, 9.17) is 0 Å². The molecule has 3 rings (SSSR count). The number of unbranched alkanes of at least 4 members (excludes halogenated alkanes) is 9. The lowest BCUT2D eigenvalue weighted by Crippen LogP contribution is -2.32. The summed E-state index contributed by atoms with van der Waals surface area (Å²) >= 11 is 0. The Labute approximate surface area is 357 Å². The van der Waals surface area contributed by atoms with Gasteiger partial charge in [-0.25, -0.2) is 0 Å². The van der Waals surface area contributed by atoms with E-state index in [0.29, 0.717) is 60.6 Å². The molecule has 0 aromatic heterocycles. The maximum Gasteiger partial charge on any atom is 0.251 e. The zero-order valence-corrected chi connectivity index (χ0v) is 35.6. The molecule has 1 fully saturated rings. The van der Waals surface area contributed by atoms with Crippen molar-refractivity contribution in [3.63, 3.8) is 0 Å². The fraction of sp³-hybridized carbons (Fsp3) is 0.500. The van der Waals surface area contributed by atoms with Gasteiger partial charge in [-0.05, 0) is 99.9 Å². The van der Waals surface area contributed by atoms with Gasteiger partial charge in [0.25, 0.3) is 29.5 Å². The van der Waals surface area contributed by atoms with Crippen molar-refractivity contribution in [1.29, 1.82) is 0 Å². The summed E-state index contributed by atoms with van der Waals surface area (Å²) in [7, 11) is 0. The Morgan fingerprint density at radius 3 is 1.08 bits per heavy atom. The summed E-state index contributed by atoms with van der Waals surface area (Å²) in [5.74, 6) is -0.470. The van der Waals surface area contributed by atoms with Crippen LogP contribution in [0.5, 0.6) is 0 Å². The Bertz CT molecular complexity index is 1700. The topological polar surface area (TPSA) is 175 Å². The van der Waals surface area contributed by atoms with Crippen LogP contribution in [-0.2, 0) is 9.59 Å². The van der Waals surface area contributed by atoms with E-state index in [1.165, 1.54) is 12.5 Å². The Balaban J connectivity index is 1.15. The minimum Gasteiger partial charge on any atom is -0.356 e. The molecular weight excluding hydrogens is 757 g/mol. The molecule has 0 aliphatic heterocycles. The lowest BCUT2D eigenvalue weighted by atomic mass is 9.89. The van der Waals surface area contributed by atoms with E-state index in [-0.39, 0.29) is 41.4 Å². The van der Waals surface area contributed by atoms with Crippen molar-refractivity contribution in [2.75, 3.05) is 39.3 Å². The van der Waals surface area contributed by atoms with E-state index in [1.54, 1.807) is 60.7 Å². The van der Waals surface area contributed by atoms with Crippen LogP contribution >= 0.6 is 0 Å². The second kappa shape index (κ2) is 29.7. The summed E-state index contributed by atoms with van der Waals surface area (Å²) < 4.78 is 0. The number of carbonyl (C=O) groups excluding carboxylic acids is 6. The van der Waals surface area contributed by atoms with Crippen molar-refractivity contribution < 1.29 is 28.8 Å². The molecule has 1 aliphatic carbocycles. The van der Waals surface area contributed by atoms with Crippen LogP contribution in [0.15, 0.2) is 85.5 Å². The first-order valence-electron chi connectivity index (χ1n) is 22.1. The number of allylic oxidation sites excluding steroid dienone is 2. The molecule has 0 unspecified atom stereocenters. The molecule has 1 saturated carbocycles. The predicted molar refractivity (Wildman–Crippen MR) is 239 cm³/mol. The third-order valence-corrected chi connectivity index (χ3v) is 10.6. The predicted octanol–water partition coefficient (Wildman–Crippen LogP) is 7.10. The van der Waals surface area contributed by atoms with Crippen LogP contribution in [-0.4, -0.2) is 74.7 Å². The number of nitrogens with one attached hydrogen (secondary N) is 6. The Kier molecular flexibility index (Phi) is 24.1. The molecule has 12 nitrogen and oxygen atoms in total. The number of hydrogen-bond donors (Lipinski definition) is 6. The van der Waals surface area contributed by atoms with Gasteiger partial charge in [0.15, 0.2) is 0 Å². The molecule has 2 aromatic rings. The highest BCUT2D eigenvalue weighted by atomic mass is 16.2. The lowest BCUT2D eigenvalue weighted by Gasteiger charge is -2.20. The fourth-order valence-electron chi connectivity index (χ4n) is 6.96. The van der Waals surface area contributed by atoms with Gasteiger partial charge in [-0.15, -0.1) is 0 Å². The highest BCUT2D eigenvalue weighted by Crippen LogP contribution is 2.23. The number of benzene rings is 2. The minimum atomic E-state index is -0.189. The second-order valence-electron chi connectivity index (χ2n) is 15.4. The van der Waals surface area contributed by atoms with Crippen molar-refractivity contribution in [2.45, 2.75) is 109 Å². The SMILES string of the molecule is C=C/C=C(\C=C)C(=O)NCCCCCCNC(=O)c1ccc(C(=O)NCCCCCCNC(=O)c2ccc(C(=O)NCCCCCCNC(=O)C3CCCCC3)cc2)cc1. The van der Waals surface area contributed by atoms with E-state index >= 15 is 0 Å². The maximum absolute atomic E-state index is 12.6. The van der Waals surface area contributed by atoms with Crippen molar-refractivity contribution in [3.8, 4) is 0 Å². The summed E-state index contributed by atoms with van der Waals surface area (Å²) in [6.45, 7) is 10.7. The molecule has 0 spiro atoms. The van der Waals surface area contributed by atoms with Crippen molar-refractivity contribution in [1.82, 2.24) is 31.9 Å². The number of carbonyl (C=O) groups is 6. The molecule has 6 amide bonds. The second-order valence-corrected chi connectivity index (χ2v) is 15.4. The molecule has 1 aliphatic rings. The Morgan fingerprint density at radius 1 is 0.450 bits per heavy atom. The van der Waals surface area contributed by atoms with Crippen molar-refractivity contribution in [2.24, 2.45) is 5.92 Å². The van der Waals surface area contributed by atoms with Gasteiger partial charge in [-0.1, -0.05) is 89.2 Å². The fourth-order valence-corrected chi connectivity index (χ4v) is 6.96. The summed E-state index contributed by atoms with van der Waals surface area (Å²) in [5, 5.41) is 17.7. The molecule has 0 saturated heterocycles. The van der Waals surface area contributed by atoms with Crippen molar-refractivity contribution in [3.05, 3.63) is 108 Å². The van der Waals surface area contributed by atoms with Gasteiger partial charge in [0.2, 0.25) is 5.91 Å². The summed E-state index contributed by atoms with van der Waals surface area (Å²) in [5.41, 5.74) is 2.49. The molecule has 0 radical (unpaired) electrons. The minimum absolute atomic E-state index is 0.159. The van der Waals surface area contributed by atoms with Gasteiger partial charge >= 0.3 is 0 Å². The molecular formula is C48H68N6O6. The van der Waals surface area contributed by atoms with Crippen LogP contribution in [0.1, 0.15) is 151 Å². The smallest absolute Gasteiger partial charge is 0.251 e. The van der Waals surface area contributed by atoms with Crippen molar-refractivity contribution >= 4 is 35.4 Å². The average molecular weight is 825 g/mol. The summed E-state index contributed by atoms with van der Waals surface area (Å²) in [4.78, 5) is 74.5. The van der Waals surface area contributed by atoms with Crippen LogP contribution in [0.2, 0.25) is 0 Å². The van der Waals surface area contributed by atoms with Crippen LogP contribution in [0.4, 0.5) is 0 Å². The Morgan fingerprint density at radius 2 is 0.767 bits per heavy atom. The van der Waals surface area contributed by atoms with Crippen LogP contribution in [0.25, 0.3) is 0 Å². The zero-order chi connectivity index (χ0) is 43.2. The lowest BCUT2D eigenvalue weighted by molar-refractivity contribution is -0.126. The maximum atomic E-state index is 12.6. The summed E-state index contributed by atoms with van der Waals surface area (Å²) in [6, 6.07) is 13.3. The van der Waals surface area contributed by atoms with E-state index in [1.807, 2.05) is 0 Å². The quantitative estimate of drug-likeness (QED) is 0.0290. The molecule has 6 N–H and O–H groups in total. The standard InChI is InChI=1S/C48H68N6O6/c1-3-20-37(4-2)43(55)49-31-14-5-6-16-33-51-45(57)39-23-25-41(26-24-39)47(59)53-35-18-9-10-19-36-54-48(60)42-29-27-40(28-30-42)46(58)52-34-17-8-7-15-32-50-44(56)38-21-12-11-13-22-38/h3-4,20,23-30,38H,1-2,5-19,21-22,31-36H2,(H,49,55)(H,50,56)(H,51,57)(H,52,58)(H,53,59)(H,54,60)/b37-20+. The van der Waals surface area contributed by atoms with E-state index in [0.717, 1.165) is 109 Å². The first-order valence-corrected chi connectivity index (χ1v) is 22.1. The number of amides is 6. The molecule has 0 heterocycles. The highest BCUT2D eigenvalue weighted by molar-refractivity contribution is 5.99. The van der Waals surface area contributed by atoms with E-state index in [2.05, 4.69) is 45.1 Å². The third-order valence-electron chi connectivity index (χ3n) is 10.6. The molecule has 2 aromatic carbocycles. The van der Waals surface area contributed by atoms with E-state index < -0.39 is 0 Å². The molecule has 0 bridgehead atoms. The molecule has 0 atom stereocenters. The monoisotopic (exact) mass is 825 g/mol.